The lowest BCUT2D eigenvalue weighted by molar-refractivity contribution is 0.281. The molecule has 0 bridgehead atoms. The summed E-state index contributed by atoms with van der Waals surface area (Å²) in [4.78, 5) is 2.53. The largest absolute Gasteiger partial charge is 0.495 e. The van der Waals surface area contributed by atoms with Gasteiger partial charge in [-0.15, -0.1) is 0 Å². The highest BCUT2D eigenvalue weighted by molar-refractivity contribution is 7.89. The molecule has 0 radical (unpaired) electrons. The maximum Gasteiger partial charge on any atom is 0.243 e. The molecule has 8 nitrogen and oxygen atoms in total. The average Bonchev–Trinajstić information content (AvgIpc) is 2.84. The van der Waals surface area contributed by atoms with Crippen LogP contribution in [-0.2, 0) is 20.0 Å². The molecule has 0 unspecified atom stereocenters. The average molecular weight is 508 g/mol. The van der Waals surface area contributed by atoms with Crippen LogP contribution >= 0.6 is 0 Å². The molecule has 2 aliphatic rings. The number of piperazine rings is 1. The van der Waals surface area contributed by atoms with E-state index in [0.717, 1.165) is 18.4 Å². The van der Waals surface area contributed by atoms with Crippen LogP contribution in [-0.4, -0.2) is 71.8 Å². The predicted octanol–water partition coefficient (Wildman–Crippen LogP) is 2.94. The van der Waals surface area contributed by atoms with E-state index in [2.05, 4.69) is 6.92 Å². The summed E-state index contributed by atoms with van der Waals surface area (Å²) in [7, 11) is -5.64. The number of sulfonamides is 2. The second-order valence-electron chi connectivity index (χ2n) is 9.15. The van der Waals surface area contributed by atoms with Gasteiger partial charge in [0.05, 0.1) is 22.6 Å². The number of hydrogen-bond acceptors (Lipinski definition) is 6. The number of aryl methyl sites for hydroxylation is 1. The number of piperidine rings is 1. The lowest BCUT2D eigenvalue weighted by Gasteiger charge is -2.36. The molecule has 2 aliphatic heterocycles. The Balaban J connectivity index is 1.54. The van der Waals surface area contributed by atoms with Gasteiger partial charge in [-0.25, -0.2) is 16.8 Å². The van der Waals surface area contributed by atoms with Gasteiger partial charge in [0, 0.05) is 39.3 Å². The number of methoxy groups -OCH3 is 1. The number of ether oxygens (including phenoxy) is 1. The van der Waals surface area contributed by atoms with Crippen molar-refractivity contribution in [3.05, 3.63) is 48.0 Å². The first-order valence-electron chi connectivity index (χ1n) is 11.6. The van der Waals surface area contributed by atoms with Crippen LogP contribution in [0, 0.1) is 12.8 Å². The van der Waals surface area contributed by atoms with Gasteiger partial charge in [-0.3, -0.25) is 0 Å². The fourth-order valence-electron chi connectivity index (χ4n) is 4.62. The maximum atomic E-state index is 13.3. The molecule has 186 valence electrons. The second kappa shape index (κ2) is 9.85. The minimum atomic E-state index is -3.61. The predicted molar refractivity (Wildman–Crippen MR) is 132 cm³/mol. The molecular formula is C24H33N3O5S2. The van der Waals surface area contributed by atoms with Crippen molar-refractivity contribution < 1.29 is 21.6 Å². The SMILES string of the molecule is COc1ccc(S(=O)(=O)N2CCC[C@H](C)C2)cc1N1CCN(S(=O)(=O)c2ccc(C)cc2)CC1. The third kappa shape index (κ3) is 4.95. The molecular weight excluding hydrogens is 474 g/mol. The van der Waals surface area contributed by atoms with E-state index in [4.69, 9.17) is 4.74 Å². The Hall–Kier alpha value is -2.14. The van der Waals surface area contributed by atoms with E-state index in [9.17, 15) is 16.8 Å². The minimum Gasteiger partial charge on any atom is -0.495 e. The monoisotopic (exact) mass is 507 g/mol. The van der Waals surface area contributed by atoms with Gasteiger partial charge in [0.2, 0.25) is 20.0 Å². The highest BCUT2D eigenvalue weighted by Gasteiger charge is 2.32. The molecule has 10 heteroatoms. The van der Waals surface area contributed by atoms with Crippen LogP contribution in [0.3, 0.4) is 0 Å². The van der Waals surface area contributed by atoms with Gasteiger partial charge < -0.3 is 9.64 Å². The first-order chi connectivity index (χ1) is 16.1. The van der Waals surface area contributed by atoms with Gasteiger partial charge in [-0.05, 0) is 56.0 Å². The van der Waals surface area contributed by atoms with Crippen LogP contribution in [0.2, 0.25) is 0 Å². The number of hydrogen-bond donors (Lipinski definition) is 0. The summed E-state index contributed by atoms with van der Waals surface area (Å²) in [5.74, 6) is 0.908. The molecule has 2 aromatic rings. The van der Waals surface area contributed by atoms with Crippen molar-refractivity contribution in [2.45, 2.75) is 36.5 Å². The molecule has 0 saturated carbocycles. The van der Waals surface area contributed by atoms with Crippen LogP contribution in [0.4, 0.5) is 5.69 Å². The number of benzene rings is 2. The lowest BCUT2D eigenvalue weighted by atomic mass is 10.0. The molecule has 2 aromatic carbocycles. The Bertz CT molecular complexity index is 1220. The van der Waals surface area contributed by atoms with Crippen LogP contribution in [0.15, 0.2) is 52.3 Å². The third-order valence-corrected chi connectivity index (χ3v) is 10.4. The van der Waals surface area contributed by atoms with Crippen molar-refractivity contribution in [3.63, 3.8) is 0 Å². The fourth-order valence-corrected chi connectivity index (χ4v) is 7.66. The lowest BCUT2D eigenvalue weighted by Crippen LogP contribution is -2.48. The molecule has 2 saturated heterocycles. The Morgan fingerprint density at radius 3 is 2.06 bits per heavy atom. The van der Waals surface area contributed by atoms with E-state index in [0.29, 0.717) is 56.6 Å². The van der Waals surface area contributed by atoms with Crippen molar-refractivity contribution >= 4 is 25.7 Å². The van der Waals surface area contributed by atoms with E-state index >= 15 is 0 Å². The van der Waals surface area contributed by atoms with Crippen molar-refractivity contribution in [3.8, 4) is 5.75 Å². The normalized spacial score (nSPS) is 20.9. The summed E-state index contributed by atoms with van der Waals surface area (Å²) >= 11 is 0. The first kappa shape index (κ1) is 25.0. The third-order valence-electron chi connectivity index (χ3n) is 6.65. The highest BCUT2D eigenvalue weighted by atomic mass is 32.2. The van der Waals surface area contributed by atoms with E-state index < -0.39 is 20.0 Å². The standard InChI is InChI=1S/C24H33N3O5S2/c1-19-6-8-21(9-7-19)33(28,29)26-15-13-25(14-16-26)23-17-22(10-11-24(23)32-3)34(30,31)27-12-4-5-20(2)18-27/h6-11,17,20H,4-5,12-16,18H2,1-3H3/t20-/m0/s1. The van der Waals surface area contributed by atoms with Crippen molar-refractivity contribution in [2.24, 2.45) is 5.92 Å². The summed E-state index contributed by atoms with van der Waals surface area (Å²) in [6.45, 7) is 6.54. The highest BCUT2D eigenvalue weighted by Crippen LogP contribution is 2.34. The number of rotatable bonds is 6. The Kier molecular flexibility index (Phi) is 7.23. The van der Waals surface area contributed by atoms with Crippen LogP contribution in [0.5, 0.6) is 5.75 Å². The van der Waals surface area contributed by atoms with Gasteiger partial charge in [-0.1, -0.05) is 24.6 Å². The summed E-state index contributed by atoms with van der Waals surface area (Å²) in [6, 6.07) is 11.8. The summed E-state index contributed by atoms with van der Waals surface area (Å²) < 4.78 is 61.3. The molecule has 4 rings (SSSR count). The van der Waals surface area contributed by atoms with Gasteiger partial charge in [-0.2, -0.15) is 8.61 Å². The molecule has 34 heavy (non-hydrogen) atoms. The molecule has 2 heterocycles. The van der Waals surface area contributed by atoms with Crippen molar-refractivity contribution in [2.75, 3.05) is 51.3 Å². The minimum absolute atomic E-state index is 0.243. The van der Waals surface area contributed by atoms with Crippen LogP contribution in [0.25, 0.3) is 0 Å². The van der Waals surface area contributed by atoms with Crippen LogP contribution < -0.4 is 9.64 Å². The zero-order chi connectivity index (χ0) is 24.5. The summed E-state index contributed by atoms with van der Waals surface area (Å²) in [6.07, 6.45) is 1.90. The van der Waals surface area contributed by atoms with Gasteiger partial charge in [0.15, 0.2) is 0 Å². The topological polar surface area (TPSA) is 87.2 Å². The molecule has 0 N–H and O–H groups in total. The Labute approximate surface area is 203 Å². The van der Waals surface area contributed by atoms with E-state index in [1.807, 2.05) is 11.8 Å². The molecule has 1 atom stereocenters. The van der Waals surface area contributed by atoms with E-state index in [-0.39, 0.29) is 9.79 Å². The quantitative estimate of drug-likeness (QED) is 0.598. The molecule has 0 amide bonds. The molecule has 0 aromatic heterocycles. The van der Waals surface area contributed by atoms with Crippen molar-refractivity contribution in [1.29, 1.82) is 0 Å². The first-order valence-corrected chi connectivity index (χ1v) is 14.5. The molecule has 0 aliphatic carbocycles. The zero-order valence-corrected chi connectivity index (χ0v) is 21.6. The molecule has 0 spiro atoms. The van der Waals surface area contributed by atoms with E-state index in [1.165, 1.54) is 4.31 Å². The zero-order valence-electron chi connectivity index (χ0n) is 20.0. The number of nitrogens with zero attached hydrogens (tertiary/aromatic N) is 3. The van der Waals surface area contributed by atoms with Crippen LogP contribution in [0.1, 0.15) is 25.3 Å². The Morgan fingerprint density at radius 2 is 1.44 bits per heavy atom. The van der Waals surface area contributed by atoms with Gasteiger partial charge in [0.25, 0.3) is 0 Å². The number of anilines is 1. The van der Waals surface area contributed by atoms with E-state index in [1.54, 1.807) is 53.9 Å². The van der Waals surface area contributed by atoms with Gasteiger partial charge in [0.1, 0.15) is 5.75 Å². The maximum absolute atomic E-state index is 13.3. The smallest absolute Gasteiger partial charge is 0.243 e. The second-order valence-corrected chi connectivity index (χ2v) is 13.0. The van der Waals surface area contributed by atoms with Crippen molar-refractivity contribution in [1.82, 2.24) is 8.61 Å². The Morgan fingerprint density at radius 1 is 0.824 bits per heavy atom. The van der Waals surface area contributed by atoms with Gasteiger partial charge >= 0.3 is 0 Å². The summed E-state index contributed by atoms with van der Waals surface area (Å²) in [5.41, 5.74) is 1.67. The summed E-state index contributed by atoms with van der Waals surface area (Å²) in [5, 5.41) is 0. The molecule has 2 fully saturated rings. The fraction of sp³-hybridized carbons (Fsp3) is 0.500.